The first kappa shape index (κ1) is 9.79. The lowest BCUT2D eigenvalue weighted by molar-refractivity contribution is 0.606. The van der Waals surface area contributed by atoms with Crippen LogP contribution < -0.4 is 5.73 Å². The first-order chi connectivity index (χ1) is 5.74. The molecule has 0 aliphatic heterocycles. The van der Waals surface area contributed by atoms with Crippen LogP contribution in [0.1, 0.15) is 46.0 Å². The van der Waals surface area contributed by atoms with Crippen molar-refractivity contribution in [3.63, 3.8) is 0 Å². The summed E-state index contributed by atoms with van der Waals surface area (Å²) in [6, 6.07) is 0.330. The monoisotopic (exact) mass is 167 g/mol. The molecule has 0 radical (unpaired) electrons. The molecule has 0 bridgehead atoms. The SMILES string of the molecule is CCC(C)C1=CC(N)CCCC1. The van der Waals surface area contributed by atoms with Gasteiger partial charge in [0.15, 0.2) is 0 Å². The van der Waals surface area contributed by atoms with E-state index in [1.165, 1.54) is 32.1 Å². The molecule has 0 spiro atoms. The molecule has 0 saturated heterocycles. The van der Waals surface area contributed by atoms with Crippen LogP contribution in [0.25, 0.3) is 0 Å². The lowest BCUT2D eigenvalue weighted by Gasteiger charge is -2.13. The Hall–Kier alpha value is -0.300. The Morgan fingerprint density at radius 3 is 3.00 bits per heavy atom. The molecular formula is C11H21N. The summed E-state index contributed by atoms with van der Waals surface area (Å²) < 4.78 is 0. The van der Waals surface area contributed by atoms with Gasteiger partial charge in [-0.2, -0.15) is 0 Å². The fourth-order valence-corrected chi connectivity index (χ4v) is 1.82. The molecule has 1 rings (SSSR count). The third kappa shape index (κ3) is 2.63. The van der Waals surface area contributed by atoms with Crippen LogP contribution in [0.4, 0.5) is 0 Å². The fraction of sp³-hybridized carbons (Fsp3) is 0.818. The van der Waals surface area contributed by atoms with Crippen LogP contribution in [0, 0.1) is 5.92 Å². The van der Waals surface area contributed by atoms with Crippen LogP contribution in [0.3, 0.4) is 0 Å². The van der Waals surface area contributed by atoms with Gasteiger partial charge in [0.1, 0.15) is 0 Å². The minimum atomic E-state index is 0.330. The van der Waals surface area contributed by atoms with Gasteiger partial charge in [-0.1, -0.05) is 31.9 Å². The van der Waals surface area contributed by atoms with Crippen LogP contribution in [0.15, 0.2) is 11.6 Å². The van der Waals surface area contributed by atoms with Gasteiger partial charge in [0, 0.05) is 6.04 Å². The highest BCUT2D eigenvalue weighted by Gasteiger charge is 2.12. The minimum Gasteiger partial charge on any atom is -0.324 e. The average molecular weight is 167 g/mol. The third-order valence-electron chi connectivity index (χ3n) is 2.93. The lowest BCUT2D eigenvalue weighted by Crippen LogP contribution is -2.16. The lowest BCUT2D eigenvalue weighted by atomic mass is 9.94. The standard InChI is InChI=1S/C11H21N/c1-3-9(2)10-6-4-5-7-11(12)8-10/h8-9,11H,3-7,12H2,1-2H3. The largest absolute Gasteiger partial charge is 0.324 e. The van der Waals surface area contributed by atoms with E-state index >= 15 is 0 Å². The molecule has 70 valence electrons. The number of rotatable bonds is 2. The highest BCUT2D eigenvalue weighted by Crippen LogP contribution is 2.24. The molecule has 0 heterocycles. The first-order valence-electron chi connectivity index (χ1n) is 5.20. The maximum atomic E-state index is 5.94. The van der Waals surface area contributed by atoms with Gasteiger partial charge in [0.05, 0.1) is 0 Å². The highest BCUT2D eigenvalue weighted by atomic mass is 14.6. The van der Waals surface area contributed by atoms with E-state index in [1.54, 1.807) is 5.57 Å². The zero-order valence-electron chi connectivity index (χ0n) is 8.34. The fourth-order valence-electron chi connectivity index (χ4n) is 1.82. The minimum absolute atomic E-state index is 0.330. The van der Waals surface area contributed by atoms with E-state index in [0.29, 0.717) is 6.04 Å². The summed E-state index contributed by atoms with van der Waals surface area (Å²) in [4.78, 5) is 0. The molecular weight excluding hydrogens is 146 g/mol. The zero-order valence-corrected chi connectivity index (χ0v) is 8.34. The van der Waals surface area contributed by atoms with Crippen molar-refractivity contribution in [2.75, 3.05) is 0 Å². The molecule has 1 nitrogen and oxygen atoms in total. The van der Waals surface area contributed by atoms with Gasteiger partial charge in [0.25, 0.3) is 0 Å². The molecule has 0 saturated carbocycles. The van der Waals surface area contributed by atoms with Crippen LogP contribution in [-0.4, -0.2) is 6.04 Å². The highest BCUT2D eigenvalue weighted by molar-refractivity contribution is 5.10. The van der Waals surface area contributed by atoms with Crippen molar-refractivity contribution in [2.24, 2.45) is 11.7 Å². The number of hydrogen-bond donors (Lipinski definition) is 1. The summed E-state index contributed by atoms with van der Waals surface area (Å²) in [7, 11) is 0. The Morgan fingerprint density at radius 1 is 1.58 bits per heavy atom. The third-order valence-corrected chi connectivity index (χ3v) is 2.93. The average Bonchev–Trinajstić information content (AvgIpc) is 2.28. The van der Waals surface area contributed by atoms with E-state index in [0.717, 1.165) is 5.92 Å². The van der Waals surface area contributed by atoms with Crippen molar-refractivity contribution in [1.82, 2.24) is 0 Å². The second-order valence-corrected chi connectivity index (χ2v) is 3.96. The molecule has 1 aliphatic carbocycles. The van der Waals surface area contributed by atoms with Crippen molar-refractivity contribution in [3.8, 4) is 0 Å². The number of nitrogens with two attached hydrogens (primary N) is 1. The normalized spacial score (nSPS) is 27.6. The number of allylic oxidation sites excluding steroid dienone is 1. The van der Waals surface area contributed by atoms with Gasteiger partial charge < -0.3 is 5.73 Å². The summed E-state index contributed by atoms with van der Waals surface area (Å²) in [5.41, 5.74) is 7.54. The van der Waals surface area contributed by atoms with Crippen LogP contribution >= 0.6 is 0 Å². The molecule has 0 aromatic heterocycles. The molecule has 1 heteroatoms. The van der Waals surface area contributed by atoms with E-state index in [9.17, 15) is 0 Å². The van der Waals surface area contributed by atoms with Crippen molar-refractivity contribution in [3.05, 3.63) is 11.6 Å². The summed E-state index contributed by atoms with van der Waals surface area (Å²) in [6.07, 6.45) is 8.66. The topological polar surface area (TPSA) is 26.0 Å². The summed E-state index contributed by atoms with van der Waals surface area (Å²) >= 11 is 0. The molecule has 0 aromatic rings. The molecule has 0 fully saturated rings. The van der Waals surface area contributed by atoms with Crippen molar-refractivity contribution in [2.45, 2.75) is 52.0 Å². The van der Waals surface area contributed by atoms with Gasteiger partial charge in [-0.05, 0) is 31.6 Å². The maximum absolute atomic E-state index is 5.94. The van der Waals surface area contributed by atoms with Gasteiger partial charge in [-0.3, -0.25) is 0 Å². The second-order valence-electron chi connectivity index (χ2n) is 3.96. The van der Waals surface area contributed by atoms with Crippen LogP contribution in [0.5, 0.6) is 0 Å². The van der Waals surface area contributed by atoms with Gasteiger partial charge in [-0.15, -0.1) is 0 Å². The zero-order chi connectivity index (χ0) is 8.97. The molecule has 12 heavy (non-hydrogen) atoms. The Balaban J connectivity index is 2.59. The van der Waals surface area contributed by atoms with Crippen molar-refractivity contribution >= 4 is 0 Å². The quantitative estimate of drug-likeness (QED) is 0.629. The summed E-state index contributed by atoms with van der Waals surface area (Å²) in [5, 5.41) is 0. The first-order valence-corrected chi connectivity index (χ1v) is 5.20. The summed E-state index contributed by atoms with van der Waals surface area (Å²) in [5.74, 6) is 0.745. The molecule has 2 unspecified atom stereocenters. The van der Waals surface area contributed by atoms with Gasteiger partial charge >= 0.3 is 0 Å². The molecule has 0 amide bonds. The predicted octanol–water partition coefficient (Wildman–Crippen LogP) is 2.86. The van der Waals surface area contributed by atoms with Crippen molar-refractivity contribution in [1.29, 1.82) is 0 Å². The second kappa shape index (κ2) is 4.66. The molecule has 2 atom stereocenters. The Morgan fingerprint density at radius 2 is 2.33 bits per heavy atom. The number of hydrogen-bond acceptors (Lipinski definition) is 1. The maximum Gasteiger partial charge on any atom is 0.0226 e. The van der Waals surface area contributed by atoms with Gasteiger partial charge in [0.2, 0.25) is 0 Å². The molecule has 1 aliphatic rings. The van der Waals surface area contributed by atoms with Crippen molar-refractivity contribution < 1.29 is 0 Å². The Bertz CT molecular complexity index is 160. The molecule has 0 aromatic carbocycles. The van der Waals surface area contributed by atoms with Gasteiger partial charge in [-0.25, -0.2) is 0 Å². The van der Waals surface area contributed by atoms with E-state index < -0.39 is 0 Å². The van der Waals surface area contributed by atoms with E-state index in [4.69, 9.17) is 5.73 Å². The van der Waals surface area contributed by atoms with E-state index in [1.807, 2.05) is 0 Å². The Labute approximate surface area is 76.0 Å². The van der Waals surface area contributed by atoms with E-state index in [2.05, 4.69) is 19.9 Å². The summed E-state index contributed by atoms with van der Waals surface area (Å²) in [6.45, 7) is 4.56. The molecule has 2 N–H and O–H groups in total. The van der Waals surface area contributed by atoms with Crippen LogP contribution in [0.2, 0.25) is 0 Å². The Kier molecular flexibility index (Phi) is 3.80. The van der Waals surface area contributed by atoms with Crippen LogP contribution in [-0.2, 0) is 0 Å². The smallest absolute Gasteiger partial charge is 0.0226 e. The predicted molar refractivity (Wildman–Crippen MR) is 54.0 cm³/mol. The van der Waals surface area contributed by atoms with E-state index in [-0.39, 0.29) is 0 Å².